The molecule has 4 heteroatoms. The predicted molar refractivity (Wildman–Crippen MR) is 61.7 cm³/mol. The zero-order valence-corrected chi connectivity index (χ0v) is 9.52. The van der Waals surface area contributed by atoms with Crippen molar-refractivity contribution in [3.63, 3.8) is 0 Å². The highest BCUT2D eigenvalue weighted by atomic mass is 16.2. The first-order valence-corrected chi connectivity index (χ1v) is 5.54. The molecule has 0 spiro atoms. The molecule has 88 valence electrons. The van der Waals surface area contributed by atoms with Crippen molar-refractivity contribution in [1.29, 1.82) is 0 Å². The Balaban J connectivity index is 2.34. The largest absolute Gasteiger partial charge is 0.396 e. The number of unbranched alkanes of at least 4 members (excludes halogenated alkanes) is 1. The minimum atomic E-state index is -0.0182. The van der Waals surface area contributed by atoms with E-state index in [0.717, 1.165) is 12.0 Å². The maximum atomic E-state index is 11.5. The van der Waals surface area contributed by atoms with E-state index in [-0.39, 0.29) is 18.6 Å². The number of hydrogen-bond donors (Lipinski definition) is 2. The van der Waals surface area contributed by atoms with Gasteiger partial charge in [0.2, 0.25) is 5.91 Å². The molecule has 0 aliphatic heterocycles. The third-order valence-electron chi connectivity index (χ3n) is 2.37. The number of pyridine rings is 1. The van der Waals surface area contributed by atoms with E-state index in [4.69, 9.17) is 5.11 Å². The number of aliphatic hydroxyl groups is 1. The van der Waals surface area contributed by atoms with Crippen molar-refractivity contribution in [1.82, 2.24) is 10.3 Å². The zero-order valence-electron chi connectivity index (χ0n) is 9.52. The number of carbonyl (C=O) groups excluding carboxylic acids is 1. The van der Waals surface area contributed by atoms with E-state index in [9.17, 15) is 4.79 Å². The van der Waals surface area contributed by atoms with Gasteiger partial charge in [-0.05, 0) is 31.4 Å². The molecule has 1 unspecified atom stereocenters. The van der Waals surface area contributed by atoms with E-state index >= 15 is 0 Å². The second-order valence-electron chi connectivity index (χ2n) is 3.76. The van der Waals surface area contributed by atoms with E-state index in [1.165, 1.54) is 0 Å². The lowest BCUT2D eigenvalue weighted by atomic mass is 10.1. The lowest BCUT2D eigenvalue weighted by Gasteiger charge is -2.13. The lowest BCUT2D eigenvalue weighted by molar-refractivity contribution is -0.121. The lowest BCUT2D eigenvalue weighted by Crippen LogP contribution is -2.26. The van der Waals surface area contributed by atoms with Gasteiger partial charge in [-0.15, -0.1) is 0 Å². The van der Waals surface area contributed by atoms with Gasteiger partial charge >= 0.3 is 0 Å². The van der Waals surface area contributed by atoms with Gasteiger partial charge in [0.05, 0.1) is 6.04 Å². The molecular weight excluding hydrogens is 204 g/mol. The Kier molecular flexibility index (Phi) is 5.50. The first-order chi connectivity index (χ1) is 7.74. The van der Waals surface area contributed by atoms with Crippen molar-refractivity contribution < 1.29 is 9.90 Å². The molecule has 1 rings (SSSR count). The molecule has 0 radical (unpaired) electrons. The molecular formula is C12H18N2O2. The molecule has 1 amide bonds. The van der Waals surface area contributed by atoms with Gasteiger partial charge in [0.1, 0.15) is 0 Å². The van der Waals surface area contributed by atoms with Crippen molar-refractivity contribution in [2.24, 2.45) is 0 Å². The standard InChI is InChI=1S/C12H18N2O2/c1-10(11-5-4-7-13-9-11)14-12(16)6-2-3-8-15/h4-5,7,9-10,15H,2-3,6,8H2,1H3,(H,14,16). The van der Waals surface area contributed by atoms with E-state index in [2.05, 4.69) is 10.3 Å². The number of aromatic nitrogens is 1. The molecule has 0 bridgehead atoms. The van der Waals surface area contributed by atoms with E-state index in [1.807, 2.05) is 19.1 Å². The average molecular weight is 222 g/mol. The number of hydrogen-bond acceptors (Lipinski definition) is 3. The molecule has 1 aromatic rings. The smallest absolute Gasteiger partial charge is 0.220 e. The monoisotopic (exact) mass is 222 g/mol. The number of rotatable bonds is 6. The summed E-state index contributed by atoms with van der Waals surface area (Å²) < 4.78 is 0. The van der Waals surface area contributed by atoms with Crippen LogP contribution >= 0.6 is 0 Å². The fourth-order valence-corrected chi connectivity index (χ4v) is 1.43. The highest BCUT2D eigenvalue weighted by Crippen LogP contribution is 2.10. The van der Waals surface area contributed by atoms with Crippen LogP contribution in [0.5, 0.6) is 0 Å². The summed E-state index contributed by atoms with van der Waals surface area (Å²) >= 11 is 0. The van der Waals surface area contributed by atoms with Crippen molar-refractivity contribution in [3.05, 3.63) is 30.1 Å². The van der Waals surface area contributed by atoms with Crippen LogP contribution in [0, 0.1) is 0 Å². The van der Waals surface area contributed by atoms with Gasteiger partial charge in [0.15, 0.2) is 0 Å². The van der Waals surface area contributed by atoms with Crippen LogP contribution in [0.4, 0.5) is 0 Å². The van der Waals surface area contributed by atoms with Crippen molar-refractivity contribution in [3.8, 4) is 0 Å². The Hall–Kier alpha value is -1.42. The Morgan fingerprint density at radius 1 is 1.56 bits per heavy atom. The zero-order chi connectivity index (χ0) is 11.8. The van der Waals surface area contributed by atoms with Gasteiger partial charge in [-0.25, -0.2) is 0 Å². The van der Waals surface area contributed by atoms with Gasteiger partial charge in [0.25, 0.3) is 0 Å². The van der Waals surface area contributed by atoms with Crippen LogP contribution in [0.1, 0.15) is 37.8 Å². The van der Waals surface area contributed by atoms with E-state index in [1.54, 1.807) is 12.4 Å². The summed E-state index contributed by atoms with van der Waals surface area (Å²) in [6, 6.07) is 3.77. The van der Waals surface area contributed by atoms with Crippen LogP contribution in [0.2, 0.25) is 0 Å². The van der Waals surface area contributed by atoms with Gasteiger partial charge in [-0.2, -0.15) is 0 Å². The molecule has 1 atom stereocenters. The topological polar surface area (TPSA) is 62.2 Å². The molecule has 0 saturated carbocycles. The summed E-state index contributed by atoms with van der Waals surface area (Å²) in [7, 11) is 0. The maximum Gasteiger partial charge on any atom is 0.220 e. The van der Waals surface area contributed by atoms with Crippen molar-refractivity contribution >= 4 is 5.91 Å². The molecule has 1 heterocycles. The van der Waals surface area contributed by atoms with Crippen LogP contribution in [0.3, 0.4) is 0 Å². The summed E-state index contributed by atoms with van der Waals surface area (Å²) in [6.07, 6.45) is 5.32. The highest BCUT2D eigenvalue weighted by Gasteiger charge is 2.08. The first-order valence-electron chi connectivity index (χ1n) is 5.54. The second kappa shape index (κ2) is 6.95. The number of nitrogens with zero attached hydrogens (tertiary/aromatic N) is 1. The third-order valence-corrected chi connectivity index (χ3v) is 2.37. The van der Waals surface area contributed by atoms with Crippen LogP contribution in [-0.2, 0) is 4.79 Å². The Morgan fingerprint density at radius 2 is 2.38 bits per heavy atom. The summed E-state index contributed by atoms with van der Waals surface area (Å²) in [6.45, 7) is 2.08. The SMILES string of the molecule is CC(NC(=O)CCCCO)c1cccnc1. The molecule has 1 aromatic heterocycles. The Morgan fingerprint density at radius 3 is 3.00 bits per heavy atom. The average Bonchev–Trinajstić information content (AvgIpc) is 2.30. The number of aliphatic hydroxyl groups excluding tert-OH is 1. The van der Waals surface area contributed by atoms with Crippen LogP contribution in [0.25, 0.3) is 0 Å². The summed E-state index contributed by atoms with van der Waals surface area (Å²) in [5, 5.41) is 11.5. The first kappa shape index (κ1) is 12.6. The van der Waals surface area contributed by atoms with E-state index < -0.39 is 0 Å². The fourth-order valence-electron chi connectivity index (χ4n) is 1.43. The van der Waals surface area contributed by atoms with Crippen LogP contribution in [0.15, 0.2) is 24.5 Å². The minimum absolute atomic E-state index is 0.0182. The Bertz CT molecular complexity index is 314. The van der Waals surface area contributed by atoms with Crippen molar-refractivity contribution in [2.75, 3.05) is 6.61 Å². The quantitative estimate of drug-likeness (QED) is 0.715. The number of carbonyl (C=O) groups is 1. The summed E-state index contributed by atoms with van der Waals surface area (Å²) in [4.78, 5) is 15.5. The van der Waals surface area contributed by atoms with Gasteiger partial charge in [-0.1, -0.05) is 6.07 Å². The van der Waals surface area contributed by atoms with Crippen LogP contribution in [-0.4, -0.2) is 22.6 Å². The maximum absolute atomic E-state index is 11.5. The summed E-state index contributed by atoms with van der Waals surface area (Å²) in [5.41, 5.74) is 0.998. The molecule has 0 aliphatic carbocycles. The molecule has 2 N–H and O–H groups in total. The van der Waals surface area contributed by atoms with Gasteiger partial charge in [-0.3, -0.25) is 9.78 Å². The van der Waals surface area contributed by atoms with Gasteiger partial charge < -0.3 is 10.4 Å². The van der Waals surface area contributed by atoms with Gasteiger partial charge in [0, 0.05) is 25.4 Å². The molecule has 0 fully saturated rings. The highest BCUT2D eigenvalue weighted by molar-refractivity contribution is 5.76. The molecule has 16 heavy (non-hydrogen) atoms. The summed E-state index contributed by atoms with van der Waals surface area (Å²) in [5.74, 6) is 0.0183. The normalized spacial score (nSPS) is 12.1. The Labute approximate surface area is 95.7 Å². The molecule has 0 aromatic carbocycles. The third kappa shape index (κ3) is 4.40. The van der Waals surface area contributed by atoms with Crippen molar-refractivity contribution in [2.45, 2.75) is 32.2 Å². The van der Waals surface area contributed by atoms with E-state index in [0.29, 0.717) is 12.8 Å². The molecule has 4 nitrogen and oxygen atoms in total. The predicted octanol–water partition coefficient (Wildman–Crippen LogP) is 1.42. The number of amides is 1. The van der Waals surface area contributed by atoms with Crippen LogP contribution < -0.4 is 5.32 Å². The molecule has 0 saturated heterocycles. The number of nitrogens with one attached hydrogen (secondary N) is 1. The minimum Gasteiger partial charge on any atom is -0.396 e. The second-order valence-corrected chi connectivity index (χ2v) is 3.76. The fraction of sp³-hybridized carbons (Fsp3) is 0.500. The molecule has 0 aliphatic rings.